The molecular weight excluding hydrogens is 222 g/mol. The van der Waals surface area contributed by atoms with Crippen molar-refractivity contribution in [1.82, 2.24) is 0 Å². The number of benzene rings is 2. The van der Waals surface area contributed by atoms with Crippen molar-refractivity contribution in [2.75, 3.05) is 6.54 Å². The van der Waals surface area contributed by atoms with Gasteiger partial charge in [-0.05, 0) is 55.6 Å². The number of unbranched alkanes of at least 4 members (excludes halogenated alkanes) is 1. The van der Waals surface area contributed by atoms with Crippen molar-refractivity contribution < 1.29 is 4.74 Å². The molecule has 0 saturated heterocycles. The molecule has 0 aliphatic heterocycles. The standard InChI is InChI=1S/C16H21NO/c1-13(6-4-5-11-17)18-16-10-9-14-7-2-3-8-15(14)12-16/h2-3,7-10,12-13H,4-6,11,17H2,1H3. The van der Waals surface area contributed by atoms with Gasteiger partial charge in [0.25, 0.3) is 0 Å². The summed E-state index contributed by atoms with van der Waals surface area (Å²) >= 11 is 0. The Balaban J connectivity index is 1.98. The summed E-state index contributed by atoms with van der Waals surface area (Å²) in [4.78, 5) is 0. The Morgan fingerprint density at radius 1 is 1.06 bits per heavy atom. The van der Waals surface area contributed by atoms with Gasteiger partial charge in [-0.3, -0.25) is 0 Å². The molecule has 2 aromatic rings. The maximum atomic E-state index is 5.93. The second-order valence-electron chi connectivity index (χ2n) is 4.72. The summed E-state index contributed by atoms with van der Waals surface area (Å²) in [6.07, 6.45) is 3.51. The van der Waals surface area contributed by atoms with Crippen molar-refractivity contribution in [3.8, 4) is 5.75 Å². The molecule has 18 heavy (non-hydrogen) atoms. The van der Waals surface area contributed by atoms with Gasteiger partial charge in [0.15, 0.2) is 0 Å². The van der Waals surface area contributed by atoms with Crippen LogP contribution in [0.5, 0.6) is 5.75 Å². The number of hydrogen-bond acceptors (Lipinski definition) is 2. The predicted octanol–water partition coefficient (Wildman–Crippen LogP) is 3.74. The Morgan fingerprint density at radius 3 is 2.61 bits per heavy atom. The lowest BCUT2D eigenvalue weighted by molar-refractivity contribution is 0.207. The third-order valence-electron chi connectivity index (χ3n) is 3.12. The van der Waals surface area contributed by atoms with Crippen LogP contribution in [0.4, 0.5) is 0 Å². The highest BCUT2D eigenvalue weighted by molar-refractivity contribution is 5.83. The van der Waals surface area contributed by atoms with Crippen LogP contribution in [0.1, 0.15) is 26.2 Å². The number of nitrogens with two attached hydrogens (primary N) is 1. The summed E-state index contributed by atoms with van der Waals surface area (Å²) in [6.45, 7) is 2.88. The van der Waals surface area contributed by atoms with Crippen molar-refractivity contribution >= 4 is 10.8 Å². The third-order valence-corrected chi connectivity index (χ3v) is 3.12. The topological polar surface area (TPSA) is 35.2 Å². The number of hydrogen-bond donors (Lipinski definition) is 1. The lowest BCUT2D eigenvalue weighted by atomic mass is 10.1. The SMILES string of the molecule is CC(CCCCN)Oc1ccc2ccccc2c1. The van der Waals surface area contributed by atoms with Crippen LogP contribution in [-0.2, 0) is 0 Å². The van der Waals surface area contributed by atoms with E-state index >= 15 is 0 Å². The fourth-order valence-electron chi connectivity index (χ4n) is 2.11. The van der Waals surface area contributed by atoms with Crippen molar-refractivity contribution in [1.29, 1.82) is 0 Å². The first-order valence-electron chi connectivity index (χ1n) is 6.65. The van der Waals surface area contributed by atoms with Crippen LogP contribution < -0.4 is 10.5 Å². The van der Waals surface area contributed by atoms with Gasteiger partial charge in [-0.1, -0.05) is 30.3 Å². The monoisotopic (exact) mass is 243 g/mol. The molecule has 0 aromatic heterocycles. The first-order chi connectivity index (χ1) is 8.79. The van der Waals surface area contributed by atoms with Crippen LogP contribution in [0.25, 0.3) is 10.8 Å². The van der Waals surface area contributed by atoms with Crippen molar-refractivity contribution in [3.05, 3.63) is 42.5 Å². The average Bonchev–Trinajstić information content (AvgIpc) is 2.39. The van der Waals surface area contributed by atoms with Crippen LogP contribution in [0.15, 0.2) is 42.5 Å². The smallest absolute Gasteiger partial charge is 0.120 e. The van der Waals surface area contributed by atoms with Gasteiger partial charge in [-0.2, -0.15) is 0 Å². The predicted molar refractivity (Wildman–Crippen MR) is 76.9 cm³/mol. The summed E-state index contributed by atoms with van der Waals surface area (Å²) in [7, 11) is 0. The largest absolute Gasteiger partial charge is 0.491 e. The molecule has 0 saturated carbocycles. The molecule has 1 unspecified atom stereocenters. The molecule has 0 aliphatic carbocycles. The summed E-state index contributed by atoms with van der Waals surface area (Å²) in [5.74, 6) is 0.953. The minimum atomic E-state index is 0.248. The zero-order chi connectivity index (χ0) is 12.8. The van der Waals surface area contributed by atoms with E-state index in [9.17, 15) is 0 Å². The molecule has 0 spiro atoms. The maximum absolute atomic E-state index is 5.93. The van der Waals surface area contributed by atoms with Crippen molar-refractivity contribution in [2.45, 2.75) is 32.3 Å². The molecule has 0 heterocycles. The zero-order valence-corrected chi connectivity index (χ0v) is 10.9. The minimum absolute atomic E-state index is 0.248. The van der Waals surface area contributed by atoms with E-state index in [4.69, 9.17) is 10.5 Å². The first kappa shape index (κ1) is 12.9. The zero-order valence-electron chi connectivity index (χ0n) is 10.9. The Morgan fingerprint density at radius 2 is 1.83 bits per heavy atom. The Hall–Kier alpha value is -1.54. The van der Waals surface area contributed by atoms with Crippen molar-refractivity contribution in [2.24, 2.45) is 5.73 Å². The summed E-state index contributed by atoms with van der Waals surface area (Å²) in [6, 6.07) is 14.6. The van der Waals surface area contributed by atoms with Gasteiger partial charge in [0, 0.05) is 0 Å². The molecule has 2 nitrogen and oxygen atoms in total. The van der Waals surface area contributed by atoms with Gasteiger partial charge >= 0.3 is 0 Å². The highest BCUT2D eigenvalue weighted by Crippen LogP contribution is 2.22. The molecule has 2 aromatic carbocycles. The number of rotatable bonds is 6. The highest BCUT2D eigenvalue weighted by atomic mass is 16.5. The Labute approximate surface area is 109 Å². The second-order valence-corrected chi connectivity index (χ2v) is 4.72. The second kappa shape index (κ2) is 6.41. The summed E-state index contributed by atoms with van der Waals surface area (Å²) in [5.41, 5.74) is 5.49. The van der Waals surface area contributed by atoms with Crippen molar-refractivity contribution in [3.63, 3.8) is 0 Å². The average molecular weight is 243 g/mol. The molecule has 1 atom stereocenters. The molecule has 0 bridgehead atoms. The molecular formula is C16H21NO. The van der Waals surface area contributed by atoms with Crippen LogP contribution in [-0.4, -0.2) is 12.6 Å². The Kier molecular flexibility index (Phi) is 4.59. The van der Waals surface area contributed by atoms with E-state index in [1.54, 1.807) is 0 Å². The van der Waals surface area contributed by atoms with Gasteiger partial charge < -0.3 is 10.5 Å². The van der Waals surface area contributed by atoms with E-state index in [2.05, 4.69) is 43.3 Å². The van der Waals surface area contributed by atoms with Gasteiger partial charge in [0.05, 0.1) is 6.10 Å². The molecule has 2 rings (SSSR count). The first-order valence-corrected chi connectivity index (χ1v) is 6.65. The lowest BCUT2D eigenvalue weighted by Crippen LogP contribution is -2.12. The minimum Gasteiger partial charge on any atom is -0.491 e. The van der Waals surface area contributed by atoms with Gasteiger partial charge in [-0.15, -0.1) is 0 Å². The number of ether oxygens (including phenoxy) is 1. The summed E-state index contributed by atoms with van der Waals surface area (Å²) in [5, 5.41) is 2.48. The van der Waals surface area contributed by atoms with E-state index in [1.807, 2.05) is 6.07 Å². The van der Waals surface area contributed by atoms with Gasteiger partial charge in [-0.25, -0.2) is 0 Å². The normalized spacial score (nSPS) is 12.6. The fraction of sp³-hybridized carbons (Fsp3) is 0.375. The maximum Gasteiger partial charge on any atom is 0.120 e. The molecule has 0 fully saturated rings. The van der Waals surface area contributed by atoms with Crippen LogP contribution in [0.2, 0.25) is 0 Å². The van der Waals surface area contributed by atoms with E-state index in [-0.39, 0.29) is 6.10 Å². The quantitative estimate of drug-likeness (QED) is 0.784. The van der Waals surface area contributed by atoms with Gasteiger partial charge in [0.2, 0.25) is 0 Å². The molecule has 0 radical (unpaired) electrons. The van der Waals surface area contributed by atoms with E-state index in [0.29, 0.717) is 0 Å². The number of fused-ring (bicyclic) bond motifs is 1. The Bertz CT molecular complexity index is 495. The summed E-state index contributed by atoms with van der Waals surface area (Å²) < 4.78 is 5.93. The molecule has 0 amide bonds. The van der Waals surface area contributed by atoms with Crippen LogP contribution in [0.3, 0.4) is 0 Å². The van der Waals surface area contributed by atoms with E-state index in [1.165, 1.54) is 10.8 Å². The fourth-order valence-corrected chi connectivity index (χ4v) is 2.11. The highest BCUT2D eigenvalue weighted by Gasteiger charge is 2.04. The van der Waals surface area contributed by atoms with E-state index in [0.717, 1.165) is 31.6 Å². The third kappa shape index (κ3) is 3.47. The molecule has 2 N–H and O–H groups in total. The lowest BCUT2D eigenvalue weighted by Gasteiger charge is -2.14. The molecule has 96 valence electrons. The van der Waals surface area contributed by atoms with Gasteiger partial charge in [0.1, 0.15) is 5.75 Å². The van der Waals surface area contributed by atoms with Crippen LogP contribution in [0, 0.1) is 0 Å². The van der Waals surface area contributed by atoms with E-state index < -0.39 is 0 Å². The molecule has 2 heteroatoms. The molecule has 0 aliphatic rings. The van der Waals surface area contributed by atoms with Crippen LogP contribution >= 0.6 is 0 Å².